The molecule has 144 valence electrons. The van der Waals surface area contributed by atoms with Crippen molar-refractivity contribution < 1.29 is 9.53 Å². The fraction of sp³-hybridized carbons (Fsp3) is 0.476. The average Bonchev–Trinajstić information content (AvgIpc) is 2.65. The Hall–Kier alpha value is -2.63. The van der Waals surface area contributed by atoms with Gasteiger partial charge in [-0.2, -0.15) is 4.98 Å². The number of hydrogen-bond acceptors (Lipinski definition) is 6. The summed E-state index contributed by atoms with van der Waals surface area (Å²) in [5.41, 5.74) is 4.07. The number of carbonyl (C=O) groups excluding carboxylic acids is 1. The lowest BCUT2D eigenvalue weighted by atomic mass is 9.97. The Morgan fingerprint density at radius 3 is 2.59 bits per heavy atom. The van der Waals surface area contributed by atoms with Gasteiger partial charge >= 0.3 is 5.97 Å². The molecule has 27 heavy (non-hydrogen) atoms. The number of rotatable bonds is 5. The van der Waals surface area contributed by atoms with Crippen LogP contribution in [0.2, 0.25) is 0 Å². The summed E-state index contributed by atoms with van der Waals surface area (Å²) in [7, 11) is 1.41. The lowest BCUT2D eigenvalue weighted by Crippen LogP contribution is -2.31. The highest BCUT2D eigenvalue weighted by molar-refractivity contribution is 5.89. The SMILES string of the molecule is COC(=O)c1ccc2c(c1)CCN(c1cc(C(C)C)nc(NC(C)C)n1)C2. The number of esters is 1. The summed E-state index contributed by atoms with van der Waals surface area (Å²) in [5, 5.41) is 3.32. The molecule has 6 nitrogen and oxygen atoms in total. The largest absolute Gasteiger partial charge is 0.465 e. The summed E-state index contributed by atoms with van der Waals surface area (Å²) in [6, 6.07) is 8.16. The third-order valence-corrected chi connectivity index (χ3v) is 4.71. The van der Waals surface area contributed by atoms with E-state index in [0.29, 0.717) is 17.4 Å². The van der Waals surface area contributed by atoms with Gasteiger partial charge in [0.2, 0.25) is 5.95 Å². The number of aromatic nitrogens is 2. The van der Waals surface area contributed by atoms with E-state index in [-0.39, 0.29) is 12.0 Å². The van der Waals surface area contributed by atoms with Gasteiger partial charge in [0.15, 0.2) is 0 Å². The number of methoxy groups -OCH3 is 1. The molecule has 0 unspecified atom stereocenters. The smallest absolute Gasteiger partial charge is 0.337 e. The van der Waals surface area contributed by atoms with E-state index in [1.54, 1.807) is 0 Å². The Balaban J connectivity index is 1.88. The molecule has 0 spiro atoms. The average molecular weight is 368 g/mol. The molecule has 0 saturated heterocycles. The summed E-state index contributed by atoms with van der Waals surface area (Å²) < 4.78 is 4.82. The van der Waals surface area contributed by atoms with Gasteiger partial charge in [0.25, 0.3) is 0 Å². The Bertz CT molecular complexity index is 833. The van der Waals surface area contributed by atoms with Crippen LogP contribution < -0.4 is 10.2 Å². The number of hydrogen-bond donors (Lipinski definition) is 1. The highest BCUT2D eigenvalue weighted by Crippen LogP contribution is 2.27. The van der Waals surface area contributed by atoms with Gasteiger partial charge in [-0.05, 0) is 49.4 Å². The van der Waals surface area contributed by atoms with Crippen molar-refractivity contribution >= 4 is 17.7 Å². The van der Waals surface area contributed by atoms with Crippen LogP contribution in [0.3, 0.4) is 0 Å². The molecule has 0 fully saturated rings. The van der Waals surface area contributed by atoms with Gasteiger partial charge in [0.1, 0.15) is 5.82 Å². The molecule has 1 aromatic heterocycles. The zero-order valence-electron chi connectivity index (χ0n) is 16.7. The van der Waals surface area contributed by atoms with E-state index in [4.69, 9.17) is 9.72 Å². The zero-order chi connectivity index (χ0) is 19.6. The van der Waals surface area contributed by atoms with Gasteiger partial charge < -0.3 is 15.0 Å². The molecular weight excluding hydrogens is 340 g/mol. The van der Waals surface area contributed by atoms with E-state index < -0.39 is 0 Å². The van der Waals surface area contributed by atoms with Crippen molar-refractivity contribution in [2.75, 3.05) is 23.9 Å². The minimum Gasteiger partial charge on any atom is -0.465 e. The lowest BCUT2D eigenvalue weighted by Gasteiger charge is -2.30. The molecule has 1 aliphatic rings. The van der Waals surface area contributed by atoms with Crippen LogP contribution in [0.4, 0.5) is 11.8 Å². The fourth-order valence-corrected chi connectivity index (χ4v) is 3.23. The molecule has 3 rings (SSSR count). The van der Waals surface area contributed by atoms with E-state index in [9.17, 15) is 4.79 Å². The summed E-state index contributed by atoms with van der Waals surface area (Å²) >= 11 is 0. The Labute approximate surface area is 161 Å². The first-order valence-electron chi connectivity index (χ1n) is 9.48. The Kier molecular flexibility index (Phi) is 5.63. The first-order chi connectivity index (χ1) is 12.9. The maximum atomic E-state index is 11.8. The molecule has 1 N–H and O–H groups in total. The van der Waals surface area contributed by atoms with Gasteiger partial charge in [0, 0.05) is 25.2 Å². The number of nitrogens with zero attached hydrogens (tertiary/aromatic N) is 3. The van der Waals surface area contributed by atoms with Crippen molar-refractivity contribution in [1.29, 1.82) is 0 Å². The first kappa shape index (κ1) is 19.1. The minimum absolute atomic E-state index is 0.277. The molecule has 0 aliphatic carbocycles. The van der Waals surface area contributed by atoms with Crippen molar-refractivity contribution in [2.24, 2.45) is 0 Å². The maximum Gasteiger partial charge on any atom is 0.337 e. The van der Waals surface area contributed by atoms with Gasteiger partial charge in [0.05, 0.1) is 18.4 Å². The second-order valence-corrected chi connectivity index (χ2v) is 7.57. The lowest BCUT2D eigenvalue weighted by molar-refractivity contribution is 0.0600. The van der Waals surface area contributed by atoms with Crippen LogP contribution in [0.15, 0.2) is 24.3 Å². The summed E-state index contributed by atoms with van der Waals surface area (Å²) in [5.74, 6) is 1.67. The monoisotopic (exact) mass is 368 g/mol. The molecule has 2 heterocycles. The second-order valence-electron chi connectivity index (χ2n) is 7.57. The maximum absolute atomic E-state index is 11.8. The van der Waals surface area contributed by atoms with Crippen molar-refractivity contribution in [1.82, 2.24) is 9.97 Å². The van der Waals surface area contributed by atoms with Crippen LogP contribution in [0.25, 0.3) is 0 Å². The number of benzene rings is 1. The van der Waals surface area contributed by atoms with E-state index in [1.165, 1.54) is 18.2 Å². The standard InChI is InChI=1S/C21H28N4O2/c1-13(2)18-11-19(24-21(23-18)22-14(3)4)25-9-8-15-10-16(20(26)27-5)6-7-17(15)12-25/h6-7,10-11,13-14H,8-9,12H2,1-5H3,(H,22,23,24). The topological polar surface area (TPSA) is 67.3 Å². The van der Waals surface area contributed by atoms with Gasteiger partial charge in [-0.1, -0.05) is 19.9 Å². The number of carbonyl (C=O) groups is 1. The Morgan fingerprint density at radius 2 is 1.93 bits per heavy atom. The van der Waals surface area contributed by atoms with Crippen LogP contribution in [0.1, 0.15) is 60.8 Å². The quantitative estimate of drug-likeness (QED) is 0.811. The predicted octanol–water partition coefficient (Wildman–Crippen LogP) is 3.77. The highest BCUT2D eigenvalue weighted by Gasteiger charge is 2.21. The van der Waals surface area contributed by atoms with Gasteiger partial charge in [-0.15, -0.1) is 0 Å². The third-order valence-electron chi connectivity index (χ3n) is 4.71. The highest BCUT2D eigenvalue weighted by atomic mass is 16.5. The van der Waals surface area contributed by atoms with Crippen LogP contribution in [-0.4, -0.2) is 35.6 Å². The number of fused-ring (bicyclic) bond motifs is 1. The fourth-order valence-electron chi connectivity index (χ4n) is 3.23. The molecule has 0 amide bonds. The van der Waals surface area contributed by atoms with Gasteiger partial charge in [-0.25, -0.2) is 9.78 Å². The minimum atomic E-state index is -0.290. The van der Waals surface area contributed by atoms with Crippen LogP contribution in [0.5, 0.6) is 0 Å². The number of nitrogens with one attached hydrogen (secondary N) is 1. The third kappa shape index (κ3) is 4.38. The molecule has 0 radical (unpaired) electrons. The zero-order valence-corrected chi connectivity index (χ0v) is 16.7. The molecule has 0 bridgehead atoms. The summed E-state index contributed by atoms with van der Waals surface area (Å²) in [6.45, 7) is 10.1. The molecule has 6 heteroatoms. The van der Waals surface area contributed by atoms with E-state index in [1.807, 2.05) is 18.2 Å². The van der Waals surface area contributed by atoms with Crippen LogP contribution in [0, 0.1) is 0 Å². The van der Waals surface area contributed by atoms with E-state index in [0.717, 1.165) is 31.0 Å². The Morgan fingerprint density at radius 1 is 1.15 bits per heavy atom. The molecular formula is C21H28N4O2. The first-order valence-corrected chi connectivity index (χ1v) is 9.48. The van der Waals surface area contributed by atoms with Gasteiger partial charge in [-0.3, -0.25) is 0 Å². The molecule has 0 saturated carbocycles. The molecule has 2 aromatic rings. The molecule has 1 aromatic carbocycles. The van der Waals surface area contributed by atoms with Crippen molar-refractivity contribution in [3.8, 4) is 0 Å². The number of anilines is 2. The summed E-state index contributed by atoms with van der Waals surface area (Å²) in [4.78, 5) is 23.4. The van der Waals surface area contributed by atoms with E-state index >= 15 is 0 Å². The van der Waals surface area contributed by atoms with Crippen molar-refractivity contribution in [3.63, 3.8) is 0 Å². The molecule has 0 atom stereocenters. The van der Waals surface area contributed by atoms with Crippen molar-refractivity contribution in [3.05, 3.63) is 46.6 Å². The van der Waals surface area contributed by atoms with E-state index in [2.05, 4.69) is 49.0 Å². The predicted molar refractivity (Wildman–Crippen MR) is 107 cm³/mol. The van der Waals surface area contributed by atoms with Crippen LogP contribution >= 0.6 is 0 Å². The number of ether oxygens (including phenoxy) is 1. The normalized spacial score (nSPS) is 13.7. The molecule has 1 aliphatic heterocycles. The van der Waals surface area contributed by atoms with Crippen LogP contribution in [-0.2, 0) is 17.7 Å². The second kappa shape index (κ2) is 7.94. The van der Waals surface area contributed by atoms with Crippen molar-refractivity contribution in [2.45, 2.75) is 52.6 Å². The summed E-state index contributed by atoms with van der Waals surface area (Å²) in [6.07, 6.45) is 0.869.